The molecule has 2 aromatic rings. The van der Waals surface area contributed by atoms with E-state index in [1.807, 2.05) is 52.3 Å². The van der Waals surface area contributed by atoms with E-state index in [1.54, 1.807) is 0 Å². The SMILES string of the molecule is CCCCC(=O)N1CCN(C(=O)c2ccc(-c3ccccc3)cc2)CC1. The number of rotatable bonds is 5. The molecule has 0 saturated carbocycles. The molecule has 1 aliphatic rings. The average Bonchev–Trinajstić information content (AvgIpc) is 2.72. The van der Waals surface area contributed by atoms with Crippen LogP contribution in [0.2, 0.25) is 0 Å². The largest absolute Gasteiger partial charge is 0.339 e. The van der Waals surface area contributed by atoms with Gasteiger partial charge in [-0.3, -0.25) is 9.59 Å². The number of hydrogen-bond donors (Lipinski definition) is 0. The van der Waals surface area contributed by atoms with Crippen molar-refractivity contribution in [2.24, 2.45) is 0 Å². The van der Waals surface area contributed by atoms with E-state index in [2.05, 4.69) is 19.1 Å². The van der Waals surface area contributed by atoms with Crippen molar-refractivity contribution in [1.82, 2.24) is 9.80 Å². The Bertz CT molecular complexity index is 732. The number of carbonyl (C=O) groups is 2. The predicted octanol–water partition coefficient (Wildman–Crippen LogP) is 3.83. The summed E-state index contributed by atoms with van der Waals surface area (Å²) in [5.41, 5.74) is 2.95. The first-order valence-electron chi connectivity index (χ1n) is 9.41. The van der Waals surface area contributed by atoms with Gasteiger partial charge in [0, 0.05) is 38.2 Å². The molecular weight excluding hydrogens is 324 g/mol. The molecule has 136 valence electrons. The zero-order chi connectivity index (χ0) is 18.4. The molecule has 0 aliphatic carbocycles. The standard InChI is InChI=1S/C22H26N2O2/c1-2-3-9-21(25)23-14-16-24(17-15-23)22(26)20-12-10-19(11-13-20)18-7-5-4-6-8-18/h4-8,10-13H,2-3,9,14-17H2,1H3. The Balaban J connectivity index is 1.58. The number of hydrogen-bond acceptors (Lipinski definition) is 2. The summed E-state index contributed by atoms with van der Waals surface area (Å²) in [4.78, 5) is 28.6. The molecule has 0 atom stereocenters. The van der Waals surface area contributed by atoms with Crippen molar-refractivity contribution >= 4 is 11.8 Å². The Morgan fingerprint density at radius 1 is 0.808 bits per heavy atom. The third kappa shape index (κ3) is 4.31. The molecule has 0 aromatic heterocycles. The van der Waals surface area contributed by atoms with E-state index in [9.17, 15) is 9.59 Å². The quantitative estimate of drug-likeness (QED) is 0.822. The molecule has 2 amide bonds. The number of benzene rings is 2. The van der Waals surface area contributed by atoms with E-state index in [-0.39, 0.29) is 11.8 Å². The smallest absolute Gasteiger partial charge is 0.253 e. The third-order valence-electron chi connectivity index (χ3n) is 4.90. The van der Waals surface area contributed by atoms with E-state index in [4.69, 9.17) is 0 Å². The number of carbonyl (C=O) groups excluding carboxylic acids is 2. The lowest BCUT2D eigenvalue weighted by atomic mass is 10.0. The lowest BCUT2D eigenvalue weighted by molar-refractivity contribution is -0.132. The molecule has 1 fully saturated rings. The van der Waals surface area contributed by atoms with Crippen molar-refractivity contribution in [3.63, 3.8) is 0 Å². The fraction of sp³-hybridized carbons (Fsp3) is 0.364. The molecule has 1 aliphatic heterocycles. The first kappa shape index (κ1) is 18.2. The van der Waals surface area contributed by atoms with Gasteiger partial charge in [0.15, 0.2) is 0 Å². The summed E-state index contributed by atoms with van der Waals surface area (Å²) in [6.07, 6.45) is 2.58. The molecule has 4 heteroatoms. The molecule has 3 rings (SSSR count). The molecule has 26 heavy (non-hydrogen) atoms. The predicted molar refractivity (Wildman–Crippen MR) is 104 cm³/mol. The molecule has 4 nitrogen and oxygen atoms in total. The monoisotopic (exact) mass is 350 g/mol. The summed E-state index contributed by atoms with van der Waals surface area (Å²) in [6.45, 7) is 4.58. The molecular formula is C22H26N2O2. The average molecular weight is 350 g/mol. The van der Waals surface area contributed by atoms with Crippen LogP contribution in [0.15, 0.2) is 54.6 Å². The van der Waals surface area contributed by atoms with E-state index in [0.29, 0.717) is 38.2 Å². The van der Waals surface area contributed by atoms with Crippen LogP contribution < -0.4 is 0 Å². The molecule has 0 N–H and O–H groups in total. The van der Waals surface area contributed by atoms with Crippen molar-refractivity contribution in [3.05, 3.63) is 60.2 Å². The minimum absolute atomic E-state index is 0.0465. The summed E-state index contributed by atoms with van der Waals surface area (Å²) >= 11 is 0. The van der Waals surface area contributed by atoms with Gasteiger partial charge in [0.25, 0.3) is 5.91 Å². The summed E-state index contributed by atoms with van der Waals surface area (Å²) in [6, 6.07) is 17.9. The van der Waals surface area contributed by atoms with Gasteiger partial charge in [0.2, 0.25) is 5.91 Å². The Hall–Kier alpha value is -2.62. The maximum absolute atomic E-state index is 12.7. The number of unbranched alkanes of at least 4 members (excludes halogenated alkanes) is 1. The summed E-state index contributed by atoms with van der Waals surface area (Å²) in [5.74, 6) is 0.261. The Morgan fingerprint density at radius 2 is 1.38 bits per heavy atom. The molecule has 0 radical (unpaired) electrons. The highest BCUT2D eigenvalue weighted by Gasteiger charge is 2.24. The highest BCUT2D eigenvalue weighted by molar-refractivity contribution is 5.95. The minimum Gasteiger partial charge on any atom is -0.339 e. The molecule has 1 saturated heterocycles. The van der Waals surface area contributed by atoms with Gasteiger partial charge in [0.05, 0.1) is 0 Å². The van der Waals surface area contributed by atoms with Crippen LogP contribution in [0.3, 0.4) is 0 Å². The third-order valence-corrected chi connectivity index (χ3v) is 4.90. The first-order valence-corrected chi connectivity index (χ1v) is 9.41. The molecule has 0 unspecified atom stereocenters. The van der Waals surface area contributed by atoms with Crippen molar-refractivity contribution in [2.45, 2.75) is 26.2 Å². The number of nitrogens with zero attached hydrogens (tertiary/aromatic N) is 2. The topological polar surface area (TPSA) is 40.6 Å². The van der Waals surface area contributed by atoms with Gasteiger partial charge in [-0.2, -0.15) is 0 Å². The second-order valence-corrected chi connectivity index (χ2v) is 6.72. The highest BCUT2D eigenvalue weighted by atomic mass is 16.2. The van der Waals surface area contributed by atoms with Gasteiger partial charge in [-0.25, -0.2) is 0 Å². The molecule has 1 heterocycles. The second-order valence-electron chi connectivity index (χ2n) is 6.72. The van der Waals surface area contributed by atoms with E-state index < -0.39 is 0 Å². The fourth-order valence-electron chi connectivity index (χ4n) is 3.26. The number of amides is 2. The zero-order valence-corrected chi connectivity index (χ0v) is 15.4. The fourth-order valence-corrected chi connectivity index (χ4v) is 3.26. The lowest BCUT2D eigenvalue weighted by Gasteiger charge is -2.35. The maximum atomic E-state index is 12.7. The van der Waals surface area contributed by atoms with Crippen LogP contribution in [0, 0.1) is 0 Å². The van der Waals surface area contributed by atoms with Crippen LogP contribution in [0.25, 0.3) is 11.1 Å². The van der Waals surface area contributed by atoms with Gasteiger partial charge in [0.1, 0.15) is 0 Å². The Kier molecular flexibility index (Phi) is 6.05. The number of piperazine rings is 1. The Labute approximate surface area is 155 Å². The van der Waals surface area contributed by atoms with E-state index >= 15 is 0 Å². The normalized spacial score (nSPS) is 14.3. The van der Waals surface area contributed by atoms with Crippen LogP contribution in [0.4, 0.5) is 0 Å². The lowest BCUT2D eigenvalue weighted by Crippen LogP contribution is -2.50. The van der Waals surface area contributed by atoms with Crippen molar-refractivity contribution in [2.75, 3.05) is 26.2 Å². The van der Waals surface area contributed by atoms with E-state index in [1.165, 1.54) is 0 Å². The van der Waals surface area contributed by atoms with Crippen LogP contribution in [0.1, 0.15) is 36.5 Å². The van der Waals surface area contributed by atoms with Crippen molar-refractivity contribution < 1.29 is 9.59 Å². The Morgan fingerprint density at radius 3 is 2.00 bits per heavy atom. The summed E-state index contributed by atoms with van der Waals surface area (Å²) in [5, 5.41) is 0. The van der Waals surface area contributed by atoms with Crippen molar-refractivity contribution in [1.29, 1.82) is 0 Å². The van der Waals surface area contributed by atoms with Gasteiger partial charge in [-0.1, -0.05) is 55.8 Å². The van der Waals surface area contributed by atoms with E-state index in [0.717, 1.165) is 24.0 Å². The van der Waals surface area contributed by atoms with Gasteiger partial charge in [-0.15, -0.1) is 0 Å². The minimum atomic E-state index is 0.0465. The molecule has 2 aromatic carbocycles. The van der Waals surface area contributed by atoms with Crippen LogP contribution in [-0.2, 0) is 4.79 Å². The maximum Gasteiger partial charge on any atom is 0.253 e. The highest BCUT2D eigenvalue weighted by Crippen LogP contribution is 2.20. The summed E-state index contributed by atoms with van der Waals surface area (Å²) < 4.78 is 0. The zero-order valence-electron chi connectivity index (χ0n) is 15.4. The summed E-state index contributed by atoms with van der Waals surface area (Å²) in [7, 11) is 0. The van der Waals surface area contributed by atoms with Gasteiger partial charge < -0.3 is 9.80 Å². The molecule has 0 bridgehead atoms. The van der Waals surface area contributed by atoms with Crippen LogP contribution in [-0.4, -0.2) is 47.8 Å². The van der Waals surface area contributed by atoms with Gasteiger partial charge >= 0.3 is 0 Å². The second kappa shape index (κ2) is 8.65. The first-order chi connectivity index (χ1) is 12.7. The van der Waals surface area contributed by atoms with Crippen LogP contribution >= 0.6 is 0 Å². The van der Waals surface area contributed by atoms with Crippen molar-refractivity contribution in [3.8, 4) is 11.1 Å². The van der Waals surface area contributed by atoms with Crippen LogP contribution in [0.5, 0.6) is 0 Å². The molecule has 0 spiro atoms. The van der Waals surface area contributed by atoms with Gasteiger partial charge in [-0.05, 0) is 29.7 Å².